The summed E-state index contributed by atoms with van der Waals surface area (Å²) in [4.78, 5) is 1.97. The number of rotatable bonds is 3. The third-order valence-corrected chi connectivity index (χ3v) is 4.32. The van der Waals surface area contributed by atoms with Crippen molar-refractivity contribution < 1.29 is 9.13 Å². The van der Waals surface area contributed by atoms with Crippen molar-refractivity contribution in [3.8, 4) is 0 Å². The number of halogens is 1. The largest absolute Gasteiger partial charge is 0.486 e. The van der Waals surface area contributed by atoms with Crippen LogP contribution < -0.4 is 5.32 Å². The number of thiophene rings is 1. The van der Waals surface area contributed by atoms with Gasteiger partial charge in [-0.1, -0.05) is 6.07 Å². The molecule has 1 aromatic carbocycles. The second kappa shape index (κ2) is 5.67. The first-order valence-electron chi connectivity index (χ1n) is 5.73. The summed E-state index contributed by atoms with van der Waals surface area (Å²) in [6.07, 6.45) is 0. The molecule has 19 heavy (non-hydrogen) atoms. The van der Waals surface area contributed by atoms with Crippen LogP contribution in [0.2, 0.25) is 0 Å². The number of aryl methyl sites for hydroxylation is 2. The third kappa shape index (κ3) is 3.11. The van der Waals surface area contributed by atoms with Crippen LogP contribution in [-0.2, 0) is 4.74 Å². The van der Waals surface area contributed by atoms with Gasteiger partial charge in [-0.15, -0.1) is 11.3 Å². The SMILES string of the molecule is COC(=S)c1cc(Nc2ccc(C)c(F)c2)c(C)s1. The standard InChI is InChI=1S/C14H14FNOS2/c1-8-4-5-10(6-11(8)15)16-12-7-13(14(18)17-3)19-9(12)2/h4-7,16H,1-3H3. The van der Waals surface area contributed by atoms with Gasteiger partial charge in [-0.3, -0.25) is 0 Å². The van der Waals surface area contributed by atoms with E-state index in [4.69, 9.17) is 17.0 Å². The van der Waals surface area contributed by atoms with E-state index in [2.05, 4.69) is 5.32 Å². The van der Waals surface area contributed by atoms with E-state index in [0.717, 1.165) is 21.1 Å². The zero-order valence-electron chi connectivity index (χ0n) is 10.9. The monoisotopic (exact) mass is 295 g/mol. The van der Waals surface area contributed by atoms with E-state index < -0.39 is 0 Å². The first-order valence-corrected chi connectivity index (χ1v) is 6.95. The summed E-state index contributed by atoms with van der Waals surface area (Å²) in [5.74, 6) is -0.217. The van der Waals surface area contributed by atoms with Crippen molar-refractivity contribution in [3.05, 3.63) is 45.4 Å². The van der Waals surface area contributed by atoms with E-state index in [-0.39, 0.29) is 5.82 Å². The first kappa shape index (κ1) is 14.0. The normalized spacial score (nSPS) is 10.3. The van der Waals surface area contributed by atoms with Gasteiger partial charge < -0.3 is 10.1 Å². The molecule has 1 N–H and O–H groups in total. The molecular weight excluding hydrogens is 281 g/mol. The topological polar surface area (TPSA) is 21.3 Å². The van der Waals surface area contributed by atoms with Gasteiger partial charge in [-0.2, -0.15) is 0 Å². The van der Waals surface area contributed by atoms with Gasteiger partial charge in [0.25, 0.3) is 0 Å². The molecule has 1 heterocycles. The minimum absolute atomic E-state index is 0.217. The molecule has 0 aliphatic rings. The Kier molecular flexibility index (Phi) is 4.17. The van der Waals surface area contributed by atoms with Gasteiger partial charge >= 0.3 is 0 Å². The Labute approximate surface area is 121 Å². The van der Waals surface area contributed by atoms with Gasteiger partial charge in [0, 0.05) is 10.6 Å². The first-order chi connectivity index (χ1) is 9.01. The van der Waals surface area contributed by atoms with Gasteiger partial charge in [0.05, 0.1) is 17.7 Å². The molecule has 100 valence electrons. The van der Waals surface area contributed by atoms with Crippen LogP contribution in [-0.4, -0.2) is 12.2 Å². The third-order valence-electron chi connectivity index (χ3n) is 2.76. The Hall–Kier alpha value is -1.46. The maximum absolute atomic E-state index is 13.5. The quantitative estimate of drug-likeness (QED) is 0.838. The molecule has 2 rings (SSSR count). The van der Waals surface area contributed by atoms with E-state index in [0.29, 0.717) is 10.6 Å². The summed E-state index contributed by atoms with van der Waals surface area (Å²) in [5.41, 5.74) is 2.27. The molecule has 0 saturated heterocycles. The Morgan fingerprint density at radius 1 is 1.32 bits per heavy atom. The molecular formula is C14H14FNOS2. The highest BCUT2D eigenvalue weighted by Crippen LogP contribution is 2.30. The second-order valence-electron chi connectivity index (χ2n) is 4.16. The number of nitrogens with one attached hydrogen (secondary N) is 1. The molecule has 0 bridgehead atoms. The molecule has 0 aliphatic heterocycles. The number of hydrogen-bond acceptors (Lipinski definition) is 4. The lowest BCUT2D eigenvalue weighted by molar-refractivity contribution is 0.417. The highest BCUT2D eigenvalue weighted by molar-refractivity contribution is 7.80. The van der Waals surface area contributed by atoms with Gasteiger partial charge in [0.1, 0.15) is 5.82 Å². The smallest absolute Gasteiger partial charge is 0.201 e. The van der Waals surface area contributed by atoms with Crippen LogP contribution in [0, 0.1) is 19.7 Å². The molecule has 2 aromatic rings. The minimum Gasteiger partial charge on any atom is -0.486 e. The molecule has 0 atom stereocenters. The van der Waals surface area contributed by atoms with Crippen LogP contribution in [0.4, 0.5) is 15.8 Å². The number of thiocarbonyl (C=S) groups is 1. The van der Waals surface area contributed by atoms with E-state index in [1.54, 1.807) is 31.4 Å². The summed E-state index contributed by atoms with van der Waals surface area (Å²) >= 11 is 6.65. The van der Waals surface area contributed by atoms with Gasteiger partial charge in [-0.05, 0) is 49.8 Å². The zero-order chi connectivity index (χ0) is 14.0. The molecule has 0 aliphatic carbocycles. The van der Waals surface area contributed by atoms with Gasteiger partial charge in [0.2, 0.25) is 5.05 Å². The lowest BCUT2D eigenvalue weighted by atomic mass is 10.2. The number of ether oxygens (including phenoxy) is 1. The minimum atomic E-state index is -0.217. The zero-order valence-corrected chi connectivity index (χ0v) is 12.5. The summed E-state index contributed by atoms with van der Waals surface area (Å²) in [7, 11) is 1.56. The highest BCUT2D eigenvalue weighted by atomic mass is 32.1. The summed E-state index contributed by atoms with van der Waals surface area (Å²) in [6.45, 7) is 3.73. The van der Waals surface area contributed by atoms with Gasteiger partial charge in [-0.25, -0.2) is 4.39 Å². The van der Waals surface area contributed by atoms with Crippen LogP contribution in [0.25, 0.3) is 0 Å². The number of methoxy groups -OCH3 is 1. The number of benzene rings is 1. The van der Waals surface area contributed by atoms with Crippen molar-refractivity contribution in [2.24, 2.45) is 0 Å². The Morgan fingerprint density at radius 2 is 2.05 bits per heavy atom. The predicted octanol–water partition coefficient (Wildman–Crippen LogP) is 4.57. The molecule has 0 amide bonds. The molecule has 0 fully saturated rings. The Balaban J connectivity index is 2.25. The van der Waals surface area contributed by atoms with Gasteiger partial charge in [0.15, 0.2) is 0 Å². The van der Waals surface area contributed by atoms with E-state index in [9.17, 15) is 4.39 Å². The lowest BCUT2D eigenvalue weighted by Crippen LogP contribution is -1.95. The van der Waals surface area contributed by atoms with E-state index in [1.807, 2.05) is 19.1 Å². The van der Waals surface area contributed by atoms with Crippen molar-refractivity contribution in [1.82, 2.24) is 0 Å². The molecule has 0 spiro atoms. The summed E-state index contributed by atoms with van der Waals surface area (Å²) in [6, 6.07) is 7.01. The molecule has 0 unspecified atom stereocenters. The summed E-state index contributed by atoms with van der Waals surface area (Å²) < 4.78 is 18.5. The van der Waals surface area contributed by atoms with Crippen LogP contribution >= 0.6 is 23.6 Å². The molecule has 0 radical (unpaired) electrons. The van der Waals surface area contributed by atoms with Crippen LogP contribution in [0.15, 0.2) is 24.3 Å². The maximum atomic E-state index is 13.5. The molecule has 5 heteroatoms. The van der Waals surface area contributed by atoms with E-state index in [1.165, 1.54) is 6.07 Å². The molecule has 2 nitrogen and oxygen atoms in total. The van der Waals surface area contributed by atoms with Crippen molar-refractivity contribution in [2.75, 3.05) is 12.4 Å². The van der Waals surface area contributed by atoms with Crippen molar-refractivity contribution in [1.29, 1.82) is 0 Å². The average Bonchev–Trinajstić information content (AvgIpc) is 2.74. The van der Waals surface area contributed by atoms with Crippen molar-refractivity contribution in [3.63, 3.8) is 0 Å². The Bertz CT molecular complexity index is 622. The Morgan fingerprint density at radius 3 is 2.68 bits per heavy atom. The fourth-order valence-corrected chi connectivity index (χ4v) is 2.71. The molecule has 0 saturated carbocycles. The average molecular weight is 295 g/mol. The molecule has 1 aromatic heterocycles. The maximum Gasteiger partial charge on any atom is 0.201 e. The number of hydrogen-bond donors (Lipinski definition) is 1. The number of anilines is 2. The van der Waals surface area contributed by atoms with Crippen LogP contribution in [0.5, 0.6) is 0 Å². The highest BCUT2D eigenvalue weighted by Gasteiger charge is 2.10. The van der Waals surface area contributed by atoms with E-state index >= 15 is 0 Å². The fourth-order valence-electron chi connectivity index (χ4n) is 1.63. The van der Waals surface area contributed by atoms with Crippen LogP contribution in [0.3, 0.4) is 0 Å². The van der Waals surface area contributed by atoms with Crippen molar-refractivity contribution >= 4 is 40.0 Å². The van der Waals surface area contributed by atoms with Crippen LogP contribution in [0.1, 0.15) is 15.3 Å². The van der Waals surface area contributed by atoms with Crippen molar-refractivity contribution in [2.45, 2.75) is 13.8 Å². The lowest BCUT2D eigenvalue weighted by Gasteiger charge is -2.06. The second-order valence-corrected chi connectivity index (χ2v) is 5.79. The summed E-state index contributed by atoms with van der Waals surface area (Å²) in [5, 5.41) is 3.66. The predicted molar refractivity (Wildman–Crippen MR) is 82.2 cm³/mol. The fraction of sp³-hybridized carbons (Fsp3) is 0.214.